The second kappa shape index (κ2) is 22.4. The molecule has 0 spiro atoms. The van der Waals surface area contributed by atoms with Gasteiger partial charge in [0.15, 0.2) is 0 Å². The van der Waals surface area contributed by atoms with Crippen molar-refractivity contribution < 1.29 is 78.5 Å². The molecule has 10 heavy (non-hydrogen) atoms. The van der Waals surface area contributed by atoms with Crippen molar-refractivity contribution in [3.8, 4) is 0 Å². The minimum atomic E-state index is -1.08. The van der Waals surface area contributed by atoms with Crippen molar-refractivity contribution in [2.24, 2.45) is 5.73 Å². The molecule has 0 aliphatic carbocycles. The summed E-state index contributed by atoms with van der Waals surface area (Å²) in [5.41, 5.74) is 4.57. The van der Waals surface area contributed by atoms with Gasteiger partial charge in [-0.1, -0.05) is 0 Å². The maximum Gasteiger partial charge on any atom is 1.00 e. The summed E-state index contributed by atoms with van der Waals surface area (Å²) in [7, 11) is -1.08. The summed E-state index contributed by atoms with van der Waals surface area (Å²) in [5.74, 6) is -0.968. The molecule has 0 fully saturated rings. The minimum absolute atomic E-state index is 0. The molecular formula is C2H5NNa2O4P+. The van der Waals surface area contributed by atoms with Gasteiger partial charge in [-0.25, -0.2) is 0 Å². The normalized spacial score (nSPS) is 5.80. The maximum atomic E-state index is 9.24. The van der Waals surface area contributed by atoms with Gasteiger partial charge >= 0.3 is 65.1 Å². The molecule has 0 atom stereocenters. The monoisotopic (exact) mass is 184 g/mol. The zero-order valence-electron chi connectivity index (χ0n) is 5.90. The van der Waals surface area contributed by atoms with Crippen molar-refractivity contribution in [2.45, 2.75) is 0 Å². The molecule has 48 valence electrons. The van der Waals surface area contributed by atoms with Crippen molar-refractivity contribution in [1.82, 2.24) is 0 Å². The van der Waals surface area contributed by atoms with Crippen LogP contribution in [0.1, 0.15) is 0 Å². The van der Waals surface area contributed by atoms with Crippen LogP contribution in [0.5, 0.6) is 0 Å². The quantitative estimate of drug-likeness (QED) is 0.311. The first kappa shape index (κ1) is 22.5. The first-order valence-corrected chi connectivity index (χ1v) is 2.28. The number of carbonyl (C=O) groups is 1. The van der Waals surface area contributed by atoms with Gasteiger partial charge in [-0.05, 0) is 0 Å². The van der Waals surface area contributed by atoms with Gasteiger partial charge in [0.1, 0.15) is 0 Å². The Morgan fingerprint density at radius 3 is 1.70 bits per heavy atom. The summed E-state index contributed by atoms with van der Waals surface area (Å²) in [5, 5.41) is 7.60. The fourth-order valence-electron chi connectivity index (χ4n) is 0. The number of hydrogen-bond acceptors (Lipinski definition) is 4. The molecule has 0 aliphatic heterocycles. The molecule has 5 nitrogen and oxygen atoms in total. The number of aliphatic carboxylic acids is 1. The van der Waals surface area contributed by atoms with Gasteiger partial charge in [-0.2, -0.15) is 0 Å². The van der Waals surface area contributed by atoms with Crippen LogP contribution in [0.4, 0.5) is 0 Å². The van der Waals surface area contributed by atoms with Crippen LogP contribution in [0.25, 0.3) is 0 Å². The Bertz CT molecular complexity index is 81.7. The largest absolute Gasteiger partial charge is 1.00 e. The van der Waals surface area contributed by atoms with Crippen LogP contribution >= 0.6 is 8.69 Å². The summed E-state index contributed by atoms with van der Waals surface area (Å²) in [6.45, 7) is -0.278. The SMILES string of the molecule is NCC(=O)O.O=P[O-].[Na+].[Na+]. The second-order valence-corrected chi connectivity index (χ2v) is 0.821. The molecule has 0 heterocycles. The van der Waals surface area contributed by atoms with E-state index in [2.05, 4.69) is 5.73 Å². The van der Waals surface area contributed by atoms with E-state index in [0.29, 0.717) is 0 Å². The molecule has 0 aromatic carbocycles. The summed E-state index contributed by atoms with van der Waals surface area (Å²) in [4.78, 5) is 17.6. The zero-order valence-corrected chi connectivity index (χ0v) is 10.8. The van der Waals surface area contributed by atoms with Crippen LogP contribution in [-0.2, 0) is 9.36 Å². The van der Waals surface area contributed by atoms with Crippen molar-refractivity contribution in [1.29, 1.82) is 0 Å². The molecular weight excluding hydrogens is 179 g/mol. The Morgan fingerprint density at radius 2 is 1.70 bits per heavy atom. The standard InChI is InChI=1S/C2H5NO2.2Na.HO2P/c3-1-2(4)5;;;1-3-2/h1,3H2,(H,4,5);;;(H,1,2)/q;2*+1;/p-1. The van der Waals surface area contributed by atoms with E-state index < -0.39 is 14.7 Å². The molecule has 0 aliphatic rings. The molecule has 3 N–H and O–H groups in total. The molecule has 0 radical (unpaired) electrons. The topological polar surface area (TPSA) is 103 Å². The van der Waals surface area contributed by atoms with Crippen molar-refractivity contribution in [3.63, 3.8) is 0 Å². The zero-order chi connectivity index (χ0) is 6.99. The predicted molar refractivity (Wildman–Crippen MR) is 24.3 cm³/mol. The molecule has 0 amide bonds. The Kier molecular flexibility index (Phi) is 50.6. The van der Waals surface area contributed by atoms with Crippen molar-refractivity contribution in [2.75, 3.05) is 6.54 Å². The summed E-state index contributed by atoms with van der Waals surface area (Å²) in [6, 6.07) is 0. The first-order chi connectivity index (χ1) is 3.68. The molecule has 0 aromatic rings. The third-order valence-electron chi connectivity index (χ3n) is 0.175. The van der Waals surface area contributed by atoms with E-state index in [9.17, 15) is 4.79 Å². The first-order valence-electron chi connectivity index (χ1n) is 1.55. The summed E-state index contributed by atoms with van der Waals surface area (Å²) >= 11 is 0. The van der Waals surface area contributed by atoms with E-state index in [0.717, 1.165) is 0 Å². The summed E-state index contributed by atoms with van der Waals surface area (Å²) < 4.78 is 8.35. The smallest absolute Gasteiger partial charge is 0.772 e. The van der Waals surface area contributed by atoms with E-state index in [4.69, 9.17) is 14.6 Å². The van der Waals surface area contributed by atoms with Crippen LogP contribution in [0.15, 0.2) is 0 Å². The van der Waals surface area contributed by atoms with Gasteiger partial charge in [-0.15, -0.1) is 0 Å². The molecule has 8 heteroatoms. The summed E-state index contributed by atoms with van der Waals surface area (Å²) in [6.07, 6.45) is 0. The average Bonchev–Trinajstić information content (AvgIpc) is 1.69. The van der Waals surface area contributed by atoms with Gasteiger partial charge in [0.25, 0.3) is 0 Å². The number of carboxylic acids is 1. The van der Waals surface area contributed by atoms with E-state index in [1.54, 1.807) is 0 Å². The van der Waals surface area contributed by atoms with Crippen molar-refractivity contribution in [3.05, 3.63) is 0 Å². The average molecular weight is 184 g/mol. The maximum absolute atomic E-state index is 9.24. The minimum Gasteiger partial charge on any atom is -0.772 e. The third kappa shape index (κ3) is 56.2. The van der Waals surface area contributed by atoms with Crippen LogP contribution in [0.3, 0.4) is 0 Å². The molecule has 0 aromatic heterocycles. The molecule has 0 saturated heterocycles. The van der Waals surface area contributed by atoms with Crippen LogP contribution in [-0.4, -0.2) is 17.6 Å². The fraction of sp³-hybridized carbons (Fsp3) is 0.500. The van der Waals surface area contributed by atoms with Crippen molar-refractivity contribution >= 4 is 14.7 Å². The van der Waals surface area contributed by atoms with Gasteiger partial charge < -0.3 is 15.7 Å². The predicted octanol–water partition coefficient (Wildman–Crippen LogP) is -7.41. The van der Waals surface area contributed by atoms with Gasteiger partial charge in [0.05, 0.1) is 15.2 Å². The van der Waals surface area contributed by atoms with E-state index in [1.165, 1.54) is 0 Å². The van der Waals surface area contributed by atoms with Crippen LogP contribution < -0.4 is 69.7 Å². The second-order valence-electron chi connectivity index (χ2n) is 0.672. The Morgan fingerprint density at radius 1 is 1.60 bits per heavy atom. The van der Waals surface area contributed by atoms with Gasteiger partial charge in [0.2, 0.25) is 0 Å². The number of rotatable bonds is 1. The third-order valence-corrected chi connectivity index (χ3v) is 0.175. The molecule has 0 saturated carbocycles. The van der Waals surface area contributed by atoms with Crippen LogP contribution in [0.2, 0.25) is 0 Å². The van der Waals surface area contributed by atoms with Gasteiger partial charge in [0, 0.05) is 0 Å². The Labute approximate surface area is 104 Å². The van der Waals surface area contributed by atoms with Crippen LogP contribution in [0, 0.1) is 0 Å². The van der Waals surface area contributed by atoms with E-state index in [1.807, 2.05) is 0 Å². The fourth-order valence-corrected chi connectivity index (χ4v) is 0. The molecule has 0 bridgehead atoms. The molecule has 0 rings (SSSR count). The number of carboxylic acid groups (broad SMARTS) is 1. The number of hydrogen-bond donors (Lipinski definition) is 2. The Balaban J connectivity index is -0.0000000326. The van der Waals surface area contributed by atoms with E-state index in [-0.39, 0.29) is 65.7 Å². The van der Waals surface area contributed by atoms with Gasteiger partial charge in [-0.3, -0.25) is 9.36 Å². The number of nitrogens with two attached hydrogens (primary N) is 1. The molecule has 0 unspecified atom stereocenters. The Hall–Kier alpha value is 1.49. The van der Waals surface area contributed by atoms with E-state index >= 15 is 0 Å².